The average molecular weight is 374 g/mol. The Morgan fingerprint density at radius 2 is 2.17 bits per heavy atom. The number of likely N-dealkylation sites (N-methyl/N-ethyl adjacent to an activating group) is 1. The molecule has 3 N–H and O–H groups in total. The van der Waals surface area contributed by atoms with Gasteiger partial charge in [-0.2, -0.15) is 13.5 Å². The normalized spacial score (nSPS) is 25.9. The molecule has 14 heteroatoms. The number of nitrogens with one attached hydrogen (secondary N) is 2. The van der Waals surface area contributed by atoms with E-state index in [2.05, 4.69) is 9.60 Å². The van der Waals surface area contributed by atoms with E-state index in [0.29, 0.717) is 6.54 Å². The minimum Gasteiger partial charge on any atom is -0.317 e. The molecule has 0 aliphatic carbocycles. The second kappa shape index (κ2) is 6.72. The molecule has 0 aromatic carbocycles. The van der Waals surface area contributed by atoms with E-state index < -0.39 is 53.3 Å². The van der Waals surface area contributed by atoms with Gasteiger partial charge in [-0.25, -0.2) is 19.1 Å². The minimum atomic E-state index is -5.17. The summed E-state index contributed by atoms with van der Waals surface area (Å²) in [4.78, 5) is 29.5. The monoisotopic (exact) mass is 374 g/mol. The maximum atomic E-state index is 14.1. The van der Waals surface area contributed by atoms with Crippen molar-refractivity contribution in [2.45, 2.75) is 24.4 Å². The second-order valence-corrected chi connectivity index (χ2v) is 6.18. The van der Waals surface area contributed by atoms with Gasteiger partial charge < -0.3 is 10.2 Å². The zero-order valence-electron chi connectivity index (χ0n) is 12.4. The molecule has 2 aliphatic heterocycles. The molecule has 0 saturated carbocycles. The summed E-state index contributed by atoms with van der Waals surface area (Å²) in [7, 11) is -3.54. The van der Waals surface area contributed by atoms with Gasteiger partial charge in [-0.1, -0.05) is 0 Å². The van der Waals surface area contributed by atoms with Gasteiger partial charge in [0.1, 0.15) is 12.1 Å². The van der Waals surface area contributed by atoms with E-state index in [4.69, 9.17) is 9.39 Å². The van der Waals surface area contributed by atoms with Crippen LogP contribution in [0.15, 0.2) is 0 Å². The van der Waals surface area contributed by atoms with E-state index >= 15 is 0 Å². The van der Waals surface area contributed by atoms with Gasteiger partial charge in [0.15, 0.2) is 0 Å². The van der Waals surface area contributed by atoms with Gasteiger partial charge in [0, 0.05) is 13.0 Å². The highest BCUT2D eigenvalue weighted by Crippen LogP contribution is 2.40. The van der Waals surface area contributed by atoms with Gasteiger partial charge in [0.2, 0.25) is 0 Å². The Balaban J connectivity index is 2.12. The third-order valence-electron chi connectivity index (χ3n) is 3.52. The largest absolute Gasteiger partial charge is 0.418 e. The fourth-order valence-electron chi connectivity index (χ4n) is 2.43. The molecule has 2 bridgehead atoms. The van der Waals surface area contributed by atoms with E-state index in [1.165, 1.54) is 0 Å². The first-order valence-corrected chi connectivity index (χ1v) is 8.14. The van der Waals surface area contributed by atoms with Crippen LogP contribution < -0.4 is 10.8 Å². The van der Waals surface area contributed by atoms with Gasteiger partial charge in [-0.05, 0) is 7.05 Å². The first-order chi connectivity index (χ1) is 11.1. The fraction of sp³-hybridized carbons (Fsp3) is 0.800. The van der Waals surface area contributed by atoms with Crippen molar-refractivity contribution in [1.82, 2.24) is 20.8 Å². The summed E-state index contributed by atoms with van der Waals surface area (Å²) in [5.41, 5.74) is 1.96. The summed E-state index contributed by atoms with van der Waals surface area (Å²) >= 11 is 0. The smallest absolute Gasteiger partial charge is 0.317 e. The van der Waals surface area contributed by atoms with Gasteiger partial charge in [-0.3, -0.25) is 14.2 Å². The zero-order valence-corrected chi connectivity index (χ0v) is 13.3. The Morgan fingerprint density at radius 1 is 1.50 bits per heavy atom. The Hall–Kier alpha value is -1.61. The van der Waals surface area contributed by atoms with E-state index in [1.807, 2.05) is 5.48 Å². The fourth-order valence-corrected chi connectivity index (χ4v) is 2.80. The van der Waals surface area contributed by atoms with Crippen molar-refractivity contribution < 1.29 is 40.5 Å². The van der Waals surface area contributed by atoms with Gasteiger partial charge >= 0.3 is 16.4 Å². The number of piperidine rings is 1. The molecule has 2 heterocycles. The van der Waals surface area contributed by atoms with Crippen LogP contribution in [0.5, 0.6) is 0 Å². The number of urea groups is 1. The van der Waals surface area contributed by atoms with Gasteiger partial charge in [0.25, 0.3) is 11.8 Å². The van der Waals surface area contributed by atoms with E-state index in [1.54, 1.807) is 7.05 Å². The molecule has 0 spiro atoms. The molecule has 0 aromatic heterocycles. The molecular formula is C10H16F2N4O7S. The summed E-state index contributed by atoms with van der Waals surface area (Å²) in [5.74, 6) is -4.59. The molecule has 0 radical (unpaired) electrons. The number of hydroxylamine groups is 3. The molecule has 0 aromatic rings. The minimum absolute atomic E-state index is 0.0694. The topological polar surface area (TPSA) is 138 Å². The first-order valence-electron chi connectivity index (χ1n) is 6.77. The number of carbonyl (C=O) groups excluding carboxylic acids is 2. The number of halogens is 2. The van der Waals surface area contributed by atoms with Gasteiger partial charge in [-0.15, -0.1) is 4.28 Å². The molecule has 24 heavy (non-hydrogen) atoms. The number of hydrogen-bond acceptors (Lipinski definition) is 7. The summed E-state index contributed by atoms with van der Waals surface area (Å²) in [5, 5.41) is 2.60. The third-order valence-corrected chi connectivity index (χ3v) is 3.87. The lowest BCUT2D eigenvalue weighted by atomic mass is 9.96. The van der Waals surface area contributed by atoms with Crippen molar-refractivity contribution >= 4 is 22.3 Å². The molecule has 2 fully saturated rings. The standard InChI is InChI=1S/C10H16F2N4O7S/c1-13-2-3-22-14-8(17)6-4-10(11,12)7-5-15(6)9(18)16(7)23-24(19,20)21/h6-7,13H,2-5H2,1H3,(H,14,17)(H,19,20,21)/t6-,7-/m0/s1. The summed E-state index contributed by atoms with van der Waals surface area (Å²) in [6.07, 6.45) is -1.05. The molecule has 3 amide bonds. The number of hydrogen-bond donors (Lipinski definition) is 3. The molecule has 2 rings (SSSR count). The number of carbonyl (C=O) groups is 2. The molecule has 138 valence electrons. The van der Waals surface area contributed by atoms with Crippen molar-refractivity contribution in [3.63, 3.8) is 0 Å². The Morgan fingerprint density at radius 3 is 2.75 bits per heavy atom. The van der Waals surface area contributed by atoms with E-state index in [0.717, 1.165) is 4.90 Å². The predicted molar refractivity (Wildman–Crippen MR) is 71.7 cm³/mol. The highest BCUT2D eigenvalue weighted by molar-refractivity contribution is 7.80. The first kappa shape index (κ1) is 18.7. The quantitative estimate of drug-likeness (QED) is 0.278. The summed E-state index contributed by atoms with van der Waals surface area (Å²) in [6, 6.07) is -4.79. The predicted octanol–water partition coefficient (Wildman–Crippen LogP) is -1.50. The SMILES string of the molecule is CNCCONC(=O)[C@@H]1CC(F)(F)[C@@H]2CN1C(=O)N2OS(=O)(=O)O. The van der Waals surface area contributed by atoms with Crippen LogP contribution in [0.25, 0.3) is 0 Å². The Kier molecular flexibility index (Phi) is 5.24. The molecule has 2 aliphatic rings. The lowest BCUT2D eigenvalue weighted by Crippen LogP contribution is -2.56. The Labute approximate surface area is 135 Å². The molecular weight excluding hydrogens is 358 g/mol. The third kappa shape index (κ3) is 3.89. The summed E-state index contributed by atoms with van der Waals surface area (Å²) in [6.45, 7) is -0.183. The molecule has 0 unspecified atom stereocenters. The van der Waals surface area contributed by atoms with Crippen molar-refractivity contribution in [2.24, 2.45) is 0 Å². The number of rotatable bonds is 7. The lowest BCUT2D eigenvalue weighted by Gasteiger charge is -2.34. The van der Waals surface area contributed by atoms with Crippen LogP contribution in [-0.2, 0) is 24.3 Å². The maximum absolute atomic E-state index is 14.1. The van der Waals surface area contributed by atoms with Gasteiger partial charge in [0.05, 0.1) is 13.2 Å². The Bertz CT molecular complexity index is 616. The number of fused-ring (bicyclic) bond motifs is 2. The zero-order chi connectivity index (χ0) is 18.1. The highest BCUT2D eigenvalue weighted by atomic mass is 32.3. The molecule has 2 atom stereocenters. The van der Waals surface area contributed by atoms with Crippen LogP contribution in [0.1, 0.15) is 6.42 Å². The van der Waals surface area contributed by atoms with Crippen molar-refractivity contribution in [3.8, 4) is 0 Å². The highest BCUT2D eigenvalue weighted by Gasteiger charge is 2.62. The number of alkyl halides is 2. The summed E-state index contributed by atoms with van der Waals surface area (Å²) < 4.78 is 62.3. The molecule has 11 nitrogen and oxygen atoms in total. The maximum Gasteiger partial charge on any atom is 0.418 e. The van der Waals surface area contributed by atoms with E-state index in [9.17, 15) is 26.8 Å². The van der Waals surface area contributed by atoms with E-state index in [-0.39, 0.29) is 11.7 Å². The second-order valence-electron chi connectivity index (χ2n) is 5.18. The van der Waals surface area contributed by atoms with Crippen molar-refractivity contribution in [3.05, 3.63) is 0 Å². The van der Waals surface area contributed by atoms with Crippen molar-refractivity contribution in [2.75, 3.05) is 26.7 Å². The molecule has 2 saturated heterocycles. The van der Waals surface area contributed by atoms with Crippen LogP contribution in [0.2, 0.25) is 0 Å². The lowest BCUT2D eigenvalue weighted by molar-refractivity contribution is -0.159. The average Bonchev–Trinajstić information content (AvgIpc) is 2.74. The van der Waals surface area contributed by atoms with Crippen LogP contribution in [0.4, 0.5) is 13.6 Å². The van der Waals surface area contributed by atoms with Crippen LogP contribution in [-0.4, -0.2) is 79.6 Å². The van der Waals surface area contributed by atoms with Crippen molar-refractivity contribution in [1.29, 1.82) is 0 Å². The van der Waals surface area contributed by atoms with Crippen LogP contribution >= 0.6 is 0 Å². The van der Waals surface area contributed by atoms with Crippen LogP contribution in [0, 0.1) is 0 Å². The number of amides is 3. The van der Waals surface area contributed by atoms with Crippen LogP contribution in [0.3, 0.4) is 0 Å². The number of nitrogens with zero attached hydrogens (tertiary/aromatic N) is 2.